The SMILES string of the molecule is CC(C)CCC[C@@H](C)[C@H]1CC[C@H]2[C@@H]3CC=C4C[C@@H](O)CC[C@]4(C)[C@H]3CC[C@]12C.CCOC(=O)O. The number of carboxylic acid groups (broad SMARTS) is 1. The van der Waals surface area contributed by atoms with Gasteiger partial charge in [0.05, 0.1) is 12.7 Å². The lowest BCUT2D eigenvalue weighted by molar-refractivity contribution is -0.0573. The van der Waals surface area contributed by atoms with Gasteiger partial charge in [0, 0.05) is 0 Å². The number of aliphatic hydroxyl groups is 1. The smallest absolute Gasteiger partial charge is 0.450 e. The van der Waals surface area contributed by atoms with Crippen LogP contribution in [-0.4, -0.2) is 29.1 Å². The van der Waals surface area contributed by atoms with E-state index in [1.807, 2.05) is 0 Å². The monoisotopic (exact) mass is 476 g/mol. The first-order chi connectivity index (χ1) is 16.0. The van der Waals surface area contributed by atoms with Gasteiger partial charge in [-0.1, -0.05) is 65.5 Å². The minimum Gasteiger partial charge on any atom is -0.450 e. The lowest BCUT2D eigenvalue weighted by atomic mass is 9.47. The van der Waals surface area contributed by atoms with E-state index in [9.17, 15) is 9.90 Å². The molecule has 196 valence electrons. The second-order valence-corrected chi connectivity index (χ2v) is 12.9. The predicted molar refractivity (Wildman–Crippen MR) is 139 cm³/mol. The van der Waals surface area contributed by atoms with Crippen LogP contribution < -0.4 is 0 Å². The minimum absolute atomic E-state index is 0.0766. The summed E-state index contributed by atoms with van der Waals surface area (Å²) >= 11 is 0. The second kappa shape index (κ2) is 11.4. The van der Waals surface area contributed by atoms with Crippen molar-refractivity contribution in [3.63, 3.8) is 0 Å². The summed E-state index contributed by atoms with van der Waals surface area (Å²) in [5, 5.41) is 17.9. The topological polar surface area (TPSA) is 66.8 Å². The van der Waals surface area contributed by atoms with Crippen LogP contribution in [-0.2, 0) is 4.74 Å². The summed E-state index contributed by atoms with van der Waals surface area (Å²) in [6, 6.07) is 0. The molecule has 4 nitrogen and oxygen atoms in total. The Morgan fingerprint density at radius 1 is 1.09 bits per heavy atom. The molecule has 3 saturated carbocycles. The third-order valence-electron chi connectivity index (χ3n) is 10.5. The van der Waals surface area contributed by atoms with Crippen molar-refractivity contribution in [2.75, 3.05) is 6.61 Å². The Bertz CT molecular complexity index is 715. The van der Waals surface area contributed by atoms with E-state index in [1.54, 1.807) is 12.5 Å². The first-order valence-electron chi connectivity index (χ1n) is 14.3. The number of carbonyl (C=O) groups is 1. The molecule has 4 heteroatoms. The van der Waals surface area contributed by atoms with Crippen molar-refractivity contribution >= 4 is 6.16 Å². The van der Waals surface area contributed by atoms with Crippen LogP contribution in [0.1, 0.15) is 112 Å². The molecule has 34 heavy (non-hydrogen) atoms. The number of fused-ring (bicyclic) bond motifs is 5. The maximum Gasteiger partial charge on any atom is 0.505 e. The van der Waals surface area contributed by atoms with Gasteiger partial charge in [-0.15, -0.1) is 0 Å². The highest BCUT2D eigenvalue weighted by atomic mass is 16.7. The van der Waals surface area contributed by atoms with Crippen LogP contribution in [0.4, 0.5) is 4.79 Å². The van der Waals surface area contributed by atoms with Crippen LogP contribution in [0, 0.1) is 46.3 Å². The summed E-state index contributed by atoms with van der Waals surface area (Å²) in [7, 11) is 0. The minimum atomic E-state index is -1.21. The Morgan fingerprint density at radius 3 is 2.44 bits per heavy atom. The van der Waals surface area contributed by atoms with Gasteiger partial charge < -0.3 is 14.9 Å². The van der Waals surface area contributed by atoms with Crippen molar-refractivity contribution in [1.82, 2.24) is 0 Å². The lowest BCUT2D eigenvalue weighted by Crippen LogP contribution is -2.50. The molecule has 0 aromatic heterocycles. The normalized spacial score (nSPS) is 39.6. The summed E-state index contributed by atoms with van der Waals surface area (Å²) in [5.74, 6) is 5.46. The molecule has 0 bridgehead atoms. The van der Waals surface area contributed by atoms with Crippen LogP contribution in [0.2, 0.25) is 0 Å². The summed E-state index contributed by atoms with van der Waals surface area (Å²) in [4.78, 5) is 9.38. The average molecular weight is 477 g/mol. The fourth-order valence-electron chi connectivity index (χ4n) is 8.79. The Hall–Kier alpha value is -1.03. The molecule has 4 rings (SSSR count). The van der Waals surface area contributed by atoms with Crippen LogP contribution in [0.25, 0.3) is 0 Å². The quantitative estimate of drug-likeness (QED) is 0.300. The highest BCUT2D eigenvalue weighted by Crippen LogP contribution is 2.67. The predicted octanol–water partition coefficient (Wildman–Crippen LogP) is 8.09. The van der Waals surface area contributed by atoms with Gasteiger partial charge >= 0.3 is 6.16 Å². The van der Waals surface area contributed by atoms with Crippen LogP contribution in [0.5, 0.6) is 0 Å². The van der Waals surface area contributed by atoms with Gasteiger partial charge in [0.1, 0.15) is 0 Å². The molecule has 0 amide bonds. The zero-order valence-corrected chi connectivity index (χ0v) is 22.8. The first kappa shape index (κ1) is 27.6. The first-order valence-corrected chi connectivity index (χ1v) is 14.3. The van der Waals surface area contributed by atoms with Crippen molar-refractivity contribution < 1.29 is 19.7 Å². The number of hydrogen-bond acceptors (Lipinski definition) is 3. The van der Waals surface area contributed by atoms with Gasteiger partial charge in [-0.2, -0.15) is 0 Å². The highest BCUT2D eigenvalue weighted by molar-refractivity contribution is 5.56. The van der Waals surface area contributed by atoms with E-state index < -0.39 is 6.16 Å². The molecule has 0 spiro atoms. The molecule has 3 fully saturated rings. The Kier molecular flexibility index (Phi) is 9.20. The van der Waals surface area contributed by atoms with Gasteiger partial charge in [-0.25, -0.2) is 4.79 Å². The molecule has 4 aliphatic rings. The zero-order chi connectivity index (χ0) is 25.1. The number of allylic oxidation sites excluding steroid dienone is 1. The van der Waals surface area contributed by atoms with E-state index in [4.69, 9.17) is 5.11 Å². The maximum atomic E-state index is 10.2. The van der Waals surface area contributed by atoms with E-state index in [0.717, 1.165) is 48.3 Å². The summed E-state index contributed by atoms with van der Waals surface area (Å²) in [6.45, 7) is 14.4. The van der Waals surface area contributed by atoms with E-state index in [0.29, 0.717) is 10.8 Å². The van der Waals surface area contributed by atoms with Crippen molar-refractivity contribution in [3.05, 3.63) is 11.6 Å². The van der Waals surface area contributed by atoms with E-state index >= 15 is 0 Å². The zero-order valence-electron chi connectivity index (χ0n) is 22.8. The molecule has 0 aromatic rings. The fraction of sp³-hybridized carbons (Fsp3) is 0.900. The number of hydrogen-bond donors (Lipinski definition) is 2. The molecule has 0 unspecified atom stereocenters. The molecule has 0 saturated heterocycles. The Morgan fingerprint density at radius 2 is 1.82 bits per heavy atom. The number of aliphatic hydroxyl groups excluding tert-OH is 1. The molecule has 0 aliphatic heterocycles. The average Bonchev–Trinajstić information content (AvgIpc) is 3.11. The molecule has 4 aliphatic carbocycles. The molecule has 0 radical (unpaired) electrons. The molecule has 0 heterocycles. The Labute approximate surface area is 208 Å². The fourth-order valence-corrected chi connectivity index (χ4v) is 8.79. The molecular formula is C30H52O4. The van der Waals surface area contributed by atoms with Crippen LogP contribution in [0.3, 0.4) is 0 Å². The van der Waals surface area contributed by atoms with Gasteiger partial charge in [0.15, 0.2) is 0 Å². The standard InChI is InChI=1S/C27H46O.C3H6O3/c1-18(2)7-6-8-19(3)23-11-12-24-22-10-9-20-17-21(28)13-15-26(20,4)25(22)14-16-27(23,24)5;1-2-6-3(4)5/h9,18-19,21-25,28H,6-8,10-17H2,1-5H3;2H2,1H3,(H,4,5)/t19-,21+,22+,23-,24+,25+,26+,27-;/m1./s1. The van der Waals surface area contributed by atoms with Crippen LogP contribution in [0.15, 0.2) is 11.6 Å². The molecule has 0 aromatic carbocycles. The van der Waals surface area contributed by atoms with Crippen molar-refractivity contribution in [2.45, 2.75) is 118 Å². The van der Waals surface area contributed by atoms with E-state index in [1.165, 1.54) is 57.8 Å². The summed E-state index contributed by atoms with van der Waals surface area (Å²) in [5.41, 5.74) is 2.60. The lowest BCUT2D eigenvalue weighted by Gasteiger charge is -2.58. The molecule has 8 atom stereocenters. The highest BCUT2D eigenvalue weighted by Gasteiger charge is 2.59. The van der Waals surface area contributed by atoms with E-state index in [2.05, 4.69) is 45.4 Å². The van der Waals surface area contributed by atoms with Gasteiger partial charge in [0.2, 0.25) is 0 Å². The molecular weight excluding hydrogens is 424 g/mol. The van der Waals surface area contributed by atoms with Gasteiger partial charge in [-0.05, 0) is 105 Å². The second-order valence-electron chi connectivity index (χ2n) is 12.9. The summed E-state index contributed by atoms with van der Waals surface area (Å²) in [6.07, 6.45) is 16.0. The van der Waals surface area contributed by atoms with Crippen molar-refractivity contribution in [3.8, 4) is 0 Å². The number of rotatable bonds is 6. The summed E-state index contributed by atoms with van der Waals surface area (Å²) < 4.78 is 3.96. The maximum absolute atomic E-state index is 10.2. The number of ether oxygens (including phenoxy) is 1. The van der Waals surface area contributed by atoms with Crippen molar-refractivity contribution in [1.29, 1.82) is 0 Å². The third-order valence-corrected chi connectivity index (χ3v) is 10.5. The van der Waals surface area contributed by atoms with Crippen LogP contribution >= 0.6 is 0 Å². The van der Waals surface area contributed by atoms with E-state index in [-0.39, 0.29) is 12.7 Å². The largest absolute Gasteiger partial charge is 0.505 e. The third kappa shape index (κ3) is 5.68. The molecule has 2 N–H and O–H groups in total. The Balaban J connectivity index is 0.000000481. The van der Waals surface area contributed by atoms with Gasteiger partial charge in [0.25, 0.3) is 0 Å². The van der Waals surface area contributed by atoms with Gasteiger partial charge in [-0.3, -0.25) is 0 Å². The van der Waals surface area contributed by atoms with Crippen molar-refractivity contribution in [2.24, 2.45) is 46.3 Å².